The fourth-order valence-corrected chi connectivity index (χ4v) is 2.06. The highest BCUT2D eigenvalue weighted by atomic mass is 16.5. The zero-order valence-electron chi connectivity index (χ0n) is 14.8. The van der Waals surface area contributed by atoms with Crippen molar-refractivity contribution in [3.8, 4) is 5.75 Å². The third kappa shape index (κ3) is 6.74. The summed E-state index contributed by atoms with van der Waals surface area (Å²) in [6.07, 6.45) is -1.08. The predicted molar refractivity (Wildman–Crippen MR) is 90.4 cm³/mol. The number of benzene rings is 1. The summed E-state index contributed by atoms with van der Waals surface area (Å²) in [5, 5.41) is 2.46. The van der Waals surface area contributed by atoms with Gasteiger partial charge in [-0.05, 0) is 39.8 Å². The molecular weight excluding hydrogens is 326 g/mol. The molecule has 25 heavy (non-hydrogen) atoms. The quantitative estimate of drug-likeness (QED) is 0.538. The van der Waals surface area contributed by atoms with Crippen molar-refractivity contribution >= 4 is 23.4 Å². The minimum atomic E-state index is -1.06. The Hall–Kier alpha value is -2.70. The number of ether oxygens (including phenoxy) is 2. The smallest absolute Gasteiger partial charge is 0.329 e. The van der Waals surface area contributed by atoms with E-state index in [4.69, 9.17) is 9.47 Å². The summed E-state index contributed by atoms with van der Waals surface area (Å²) in [7, 11) is 0. The normalized spacial score (nSPS) is 12.6. The molecule has 7 heteroatoms. The molecule has 0 saturated heterocycles. The number of nitrogens with one attached hydrogen (secondary N) is 1. The van der Waals surface area contributed by atoms with Crippen LogP contribution < -0.4 is 10.1 Å². The van der Waals surface area contributed by atoms with Crippen molar-refractivity contribution in [3.63, 3.8) is 0 Å². The van der Waals surface area contributed by atoms with E-state index in [2.05, 4.69) is 5.32 Å². The first kappa shape index (κ1) is 20.3. The molecule has 1 aromatic rings. The number of carbonyl (C=O) groups is 4. The number of hydrogen-bond acceptors (Lipinski definition) is 6. The Kier molecular flexibility index (Phi) is 7.78. The van der Waals surface area contributed by atoms with Crippen LogP contribution in [0.15, 0.2) is 24.3 Å². The van der Waals surface area contributed by atoms with Gasteiger partial charge in [-0.25, -0.2) is 4.79 Å². The van der Waals surface area contributed by atoms with Crippen molar-refractivity contribution < 1.29 is 28.7 Å². The van der Waals surface area contributed by atoms with Crippen LogP contribution in [0.5, 0.6) is 5.75 Å². The first-order chi connectivity index (χ1) is 11.7. The van der Waals surface area contributed by atoms with Gasteiger partial charge in [0.15, 0.2) is 11.9 Å². The molecule has 2 atom stereocenters. The van der Waals surface area contributed by atoms with Gasteiger partial charge in [0.25, 0.3) is 5.91 Å². The number of esters is 1. The number of hydrogen-bond donors (Lipinski definition) is 1. The second-order valence-electron chi connectivity index (χ2n) is 5.56. The number of amides is 1. The van der Waals surface area contributed by atoms with Crippen LogP contribution in [0.2, 0.25) is 0 Å². The molecule has 0 saturated carbocycles. The molecule has 1 aromatic carbocycles. The van der Waals surface area contributed by atoms with Crippen LogP contribution in [0.25, 0.3) is 0 Å². The largest absolute Gasteiger partial charge is 0.481 e. The molecule has 1 N–H and O–H groups in total. The van der Waals surface area contributed by atoms with Crippen LogP contribution in [0, 0.1) is 0 Å². The van der Waals surface area contributed by atoms with Gasteiger partial charge in [-0.2, -0.15) is 0 Å². The summed E-state index contributed by atoms with van der Waals surface area (Å²) < 4.78 is 10.4. The lowest BCUT2D eigenvalue weighted by Gasteiger charge is -2.20. The average molecular weight is 349 g/mol. The molecule has 1 rings (SSSR count). The van der Waals surface area contributed by atoms with Crippen molar-refractivity contribution in [2.24, 2.45) is 0 Å². The van der Waals surface area contributed by atoms with Gasteiger partial charge >= 0.3 is 5.97 Å². The van der Waals surface area contributed by atoms with Crippen molar-refractivity contribution in [2.45, 2.75) is 46.3 Å². The third-order valence-electron chi connectivity index (χ3n) is 3.30. The lowest BCUT2D eigenvalue weighted by molar-refractivity contribution is -0.149. The molecular formula is C18H23NO6. The molecule has 0 aliphatic heterocycles. The zero-order valence-corrected chi connectivity index (χ0v) is 14.8. The van der Waals surface area contributed by atoms with Crippen LogP contribution in [0.3, 0.4) is 0 Å². The Balaban J connectivity index is 2.76. The minimum Gasteiger partial charge on any atom is -0.481 e. The Morgan fingerprint density at radius 1 is 1.16 bits per heavy atom. The standard InChI is InChI=1S/C18H23NO6/c1-5-24-18(23)16(9-11(2)20)19-17(22)13(4)25-15-8-6-7-14(10-15)12(3)21/h6-8,10,13,16H,5,9H2,1-4H3,(H,19,22)/t13-,16+/m0/s1. The fraction of sp³-hybridized carbons (Fsp3) is 0.444. The van der Waals surface area contributed by atoms with E-state index in [-0.39, 0.29) is 24.6 Å². The van der Waals surface area contributed by atoms with E-state index in [1.165, 1.54) is 26.8 Å². The molecule has 0 heterocycles. The van der Waals surface area contributed by atoms with Gasteiger partial charge in [-0.3, -0.25) is 14.4 Å². The number of Topliss-reactive ketones (excluding diaryl/α,β-unsaturated/α-hetero) is 2. The second-order valence-corrected chi connectivity index (χ2v) is 5.56. The Labute approximate surface area is 146 Å². The van der Waals surface area contributed by atoms with Gasteiger partial charge in [0.1, 0.15) is 17.6 Å². The van der Waals surface area contributed by atoms with Crippen molar-refractivity contribution in [1.29, 1.82) is 0 Å². The number of rotatable bonds is 9. The summed E-state index contributed by atoms with van der Waals surface area (Å²) in [4.78, 5) is 46.8. The Morgan fingerprint density at radius 2 is 1.84 bits per heavy atom. The first-order valence-corrected chi connectivity index (χ1v) is 7.98. The molecule has 0 aliphatic rings. The number of ketones is 2. The van der Waals surface area contributed by atoms with E-state index in [1.807, 2.05) is 0 Å². The highest BCUT2D eigenvalue weighted by Crippen LogP contribution is 2.15. The molecule has 0 aliphatic carbocycles. The molecule has 0 bridgehead atoms. The highest BCUT2D eigenvalue weighted by Gasteiger charge is 2.26. The molecule has 0 unspecified atom stereocenters. The van der Waals surface area contributed by atoms with E-state index >= 15 is 0 Å². The van der Waals surface area contributed by atoms with Crippen LogP contribution in [-0.2, 0) is 19.1 Å². The Bertz CT molecular complexity index is 655. The minimum absolute atomic E-state index is 0.119. The van der Waals surface area contributed by atoms with Gasteiger partial charge in [-0.1, -0.05) is 12.1 Å². The maximum Gasteiger partial charge on any atom is 0.329 e. The van der Waals surface area contributed by atoms with Crippen LogP contribution in [0.1, 0.15) is 44.5 Å². The zero-order chi connectivity index (χ0) is 19.0. The van der Waals surface area contributed by atoms with Crippen LogP contribution >= 0.6 is 0 Å². The first-order valence-electron chi connectivity index (χ1n) is 7.98. The number of carbonyl (C=O) groups excluding carboxylic acids is 4. The van der Waals surface area contributed by atoms with E-state index in [1.54, 1.807) is 25.1 Å². The maximum absolute atomic E-state index is 12.2. The Morgan fingerprint density at radius 3 is 2.40 bits per heavy atom. The predicted octanol–water partition coefficient (Wildman–Crippen LogP) is 1.68. The average Bonchev–Trinajstić information content (AvgIpc) is 2.54. The molecule has 0 radical (unpaired) electrons. The van der Waals surface area contributed by atoms with E-state index in [9.17, 15) is 19.2 Å². The van der Waals surface area contributed by atoms with Gasteiger partial charge < -0.3 is 14.8 Å². The van der Waals surface area contributed by atoms with Gasteiger partial charge in [0.2, 0.25) is 0 Å². The molecule has 136 valence electrons. The third-order valence-corrected chi connectivity index (χ3v) is 3.30. The molecule has 1 amide bonds. The summed E-state index contributed by atoms with van der Waals surface area (Å²) in [5.41, 5.74) is 0.464. The van der Waals surface area contributed by atoms with Crippen molar-refractivity contribution in [1.82, 2.24) is 5.32 Å². The fourth-order valence-electron chi connectivity index (χ4n) is 2.06. The van der Waals surface area contributed by atoms with Crippen molar-refractivity contribution in [2.75, 3.05) is 6.61 Å². The topological polar surface area (TPSA) is 98.8 Å². The van der Waals surface area contributed by atoms with E-state index in [0.29, 0.717) is 11.3 Å². The highest BCUT2D eigenvalue weighted by molar-refractivity contribution is 5.94. The van der Waals surface area contributed by atoms with Gasteiger partial charge in [-0.15, -0.1) is 0 Å². The van der Waals surface area contributed by atoms with Gasteiger partial charge in [0, 0.05) is 12.0 Å². The SMILES string of the molecule is CCOC(=O)[C@@H](CC(C)=O)NC(=O)[C@H](C)Oc1cccc(C(C)=O)c1. The maximum atomic E-state index is 12.2. The summed E-state index contributed by atoms with van der Waals surface area (Å²) in [6, 6.07) is 5.39. The van der Waals surface area contributed by atoms with Crippen molar-refractivity contribution in [3.05, 3.63) is 29.8 Å². The lowest BCUT2D eigenvalue weighted by Crippen LogP contribution is -2.47. The lowest BCUT2D eigenvalue weighted by atomic mass is 10.1. The second kappa shape index (κ2) is 9.56. The molecule has 0 aromatic heterocycles. The molecule has 7 nitrogen and oxygen atoms in total. The summed E-state index contributed by atoms with van der Waals surface area (Å²) in [5.74, 6) is -1.24. The van der Waals surface area contributed by atoms with E-state index in [0.717, 1.165) is 0 Å². The van der Waals surface area contributed by atoms with Gasteiger partial charge in [0.05, 0.1) is 6.61 Å². The molecule has 0 spiro atoms. The van der Waals surface area contributed by atoms with Crippen LogP contribution in [0.4, 0.5) is 0 Å². The monoisotopic (exact) mass is 349 g/mol. The van der Waals surface area contributed by atoms with E-state index < -0.39 is 24.0 Å². The molecule has 0 fully saturated rings. The summed E-state index contributed by atoms with van der Waals surface area (Å²) >= 11 is 0. The summed E-state index contributed by atoms with van der Waals surface area (Å²) in [6.45, 7) is 6.05. The van der Waals surface area contributed by atoms with Crippen LogP contribution in [-0.4, -0.2) is 42.2 Å².